The van der Waals surface area contributed by atoms with E-state index in [1.165, 1.54) is 30.9 Å². The summed E-state index contributed by atoms with van der Waals surface area (Å²) in [5.74, 6) is 0.514. The smallest absolute Gasteiger partial charge is 0.331 e. The highest BCUT2D eigenvalue weighted by molar-refractivity contribution is 5.87. The van der Waals surface area contributed by atoms with Gasteiger partial charge in [0.2, 0.25) is 0 Å². The van der Waals surface area contributed by atoms with Crippen molar-refractivity contribution in [1.29, 1.82) is 0 Å². The van der Waals surface area contributed by atoms with Crippen molar-refractivity contribution >= 4 is 18.0 Å². The van der Waals surface area contributed by atoms with Gasteiger partial charge in [0.1, 0.15) is 11.4 Å². The van der Waals surface area contributed by atoms with E-state index in [0.717, 1.165) is 24.0 Å². The van der Waals surface area contributed by atoms with E-state index in [9.17, 15) is 9.59 Å². The molecule has 0 radical (unpaired) electrons. The average molecular weight is 413 g/mol. The second kappa shape index (κ2) is 11.1. The molecule has 0 aromatic heterocycles. The van der Waals surface area contributed by atoms with Crippen LogP contribution in [-0.4, -0.2) is 17.5 Å². The van der Waals surface area contributed by atoms with Gasteiger partial charge >= 0.3 is 11.9 Å². The highest BCUT2D eigenvalue weighted by atomic mass is 16.6. The van der Waals surface area contributed by atoms with Crippen LogP contribution in [0.3, 0.4) is 0 Å². The fraction of sp³-hybridized carbons (Fsp3) is 0.538. The van der Waals surface area contributed by atoms with E-state index in [-0.39, 0.29) is 11.9 Å². The Hall–Kier alpha value is -2.36. The van der Waals surface area contributed by atoms with Crippen LogP contribution in [0, 0.1) is 5.92 Å². The van der Waals surface area contributed by atoms with Crippen LogP contribution in [0.2, 0.25) is 0 Å². The zero-order valence-electron chi connectivity index (χ0n) is 19.1. The summed E-state index contributed by atoms with van der Waals surface area (Å²) in [6.45, 7) is 9.61. The zero-order chi connectivity index (χ0) is 22.1. The lowest BCUT2D eigenvalue weighted by molar-refractivity contribution is -0.148. The average Bonchev–Trinajstić information content (AvgIpc) is 2.65. The van der Waals surface area contributed by atoms with Gasteiger partial charge in [-0.15, -0.1) is 0 Å². The van der Waals surface area contributed by atoms with E-state index in [4.69, 9.17) is 9.47 Å². The van der Waals surface area contributed by atoms with Gasteiger partial charge in [-0.05, 0) is 89.1 Å². The maximum absolute atomic E-state index is 12.5. The lowest BCUT2D eigenvalue weighted by Gasteiger charge is -2.20. The number of carbonyl (C=O) groups excluding carboxylic acids is 2. The zero-order valence-corrected chi connectivity index (χ0v) is 19.1. The molecule has 1 aliphatic carbocycles. The van der Waals surface area contributed by atoms with E-state index in [1.54, 1.807) is 6.08 Å². The van der Waals surface area contributed by atoms with Crippen LogP contribution in [0.4, 0.5) is 0 Å². The first-order chi connectivity index (χ1) is 14.1. The van der Waals surface area contributed by atoms with Crippen molar-refractivity contribution < 1.29 is 19.1 Å². The normalized spacial score (nSPS) is 15.1. The molecule has 2 rings (SSSR count). The summed E-state index contributed by atoms with van der Waals surface area (Å²) < 4.78 is 11.1. The van der Waals surface area contributed by atoms with Gasteiger partial charge in [0, 0.05) is 12.5 Å². The van der Waals surface area contributed by atoms with Crippen LogP contribution in [0.15, 0.2) is 35.9 Å². The molecule has 0 bridgehead atoms. The predicted octanol–water partition coefficient (Wildman–Crippen LogP) is 6.43. The fourth-order valence-electron chi connectivity index (χ4n) is 3.57. The molecule has 1 aromatic rings. The van der Waals surface area contributed by atoms with Crippen molar-refractivity contribution in [3.63, 3.8) is 0 Å². The van der Waals surface area contributed by atoms with E-state index < -0.39 is 5.60 Å². The van der Waals surface area contributed by atoms with Crippen molar-refractivity contribution in [2.24, 2.45) is 5.92 Å². The number of hydrogen-bond donors (Lipinski definition) is 0. The Labute approximate surface area is 181 Å². The molecule has 1 aliphatic rings. The third kappa shape index (κ3) is 8.98. The fourth-order valence-corrected chi connectivity index (χ4v) is 3.57. The molecular formula is C26H36O4. The summed E-state index contributed by atoms with van der Waals surface area (Å²) in [5.41, 5.74) is 2.47. The van der Waals surface area contributed by atoms with Crippen molar-refractivity contribution in [3.8, 4) is 5.75 Å². The number of hydrogen-bond acceptors (Lipinski definition) is 4. The third-order valence-electron chi connectivity index (χ3n) is 5.04. The highest BCUT2D eigenvalue weighted by Gasteiger charge is 2.19. The van der Waals surface area contributed by atoms with Gasteiger partial charge in [-0.2, -0.15) is 0 Å². The molecule has 30 heavy (non-hydrogen) atoms. The first kappa shape index (κ1) is 23.9. The molecule has 4 nitrogen and oxygen atoms in total. The van der Waals surface area contributed by atoms with Gasteiger partial charge in [-0.1, -0.05) is 37.0 Å². The first-order valence-corrected chi connectivity index (χ1v) is 11.0. The molecular weight excluding hydrogens is 376 g/mol. The first-order valence-electron chi connectivity index (χ1n) is 11.0. The molecule has 4 heteroatoms. The second-order valence-corrected chi connectivity index (χ2v) is 9.40. The number of benzene rings is 1. The minimum Gasteiger partial charge on any atom is -0.457 e. The van der Waals surface area contributed by atoms with E-state index in [1.807, 2.05) is 52.8 Å². The molecule has 0 unspecified atom stereocenters. The number of ether oxygens (including phenoxy) is 2. The Kier molecular flexibility index (Phi) is 8.88. The molecule has 1 aromatic carbocycles. The SMILES string of the molecule is CC(C)=CCc1cc(/C=C/C(=O)OC(C)(C)C)ccc1OC(=O)CC1CCCCC1. The summed E-state index contributed by atoms with van der Waals surface area (Å²) in [7, 11) is 0. The Morgan fingerprint density at radius 3 is 2.43 bits per heavy atom. The largest absolute Gasteiger partial charge is 0.457 e. The van der Waals surface area contributed by atoms with Crippen molar-refractivity contribution in [2.75, 3.05) is 0 Å². The van der Waals surface area contributed by atoms with Crippen LogP contribution in [0.25, 0.3) is 6.08 Å². The van der Waals surface area contributed by atoms with Crippen molar-refractivity contribution in [3.05, 3.63) is 47.1 Å². The molecule has 0 heterocycles. The van der Waals surface area contributed by atoms with Gasteiger partial charge in [-0.25, -0.2) is 4.79 Å². The molecule has 1 fully saturated rings. The van der Waals surface area contributed by atoms with Gasteiger partial charge < -0.3 is 9.47 Å². The minimum atomic E-state index is -0.521. The van der Waals surface area contributed by atoms with E-state index >= 15 is 0 Å². The van der Waals surface area contributed by atoms with Gasteiger partial charge in [0.15, 0.2) is 0 Å². The van der Waals surface area contributed by atoms with Gasteiger partial charge in [-0.3, -0.25) is 4.79 Å². The summed E-state index contributed by atoms with van der Waals surface area (Å²) in [4.78, 5) is 24.4. The highest BCUT2D eigenvalue weighted by Crippen LogP contribution is 2.28. The summed E-state index contributed by atoms with van der Waals surface area (Å²) in [6, 6.07) is 5.64. The minimum absolute atomic E-state index is 0.155. The monoisotopic (exact) mass is 412 g/mol. The molecule has 0 amide bonds. The Morgan fingerprint density at radius 1 is 1.10 bits per heavy atom. The van der Waals surface area contributed by atoms with E-state index in [0.29, 0.717) is 24.5 Å². The molecule has 0 saturated heterocycles. The predicted molar refractivity (Wildman–Crippen MR) is 121 cm³/mol. The maximum Gasteiger partial charge on any atom is 0.331 e. The summed E-state index contributed by atoms with van der Waals surface area (Å²) >= 11 is 0. The van der Waals surface area contributed by atoms with Gasteiger partial charge in [0.05, 0.1) is 0 Å². The molecule has 1 saturated carbocycles. The quantitative estimate of drug-likeness (QED) is 0.224. The van der Waals surface area contributed by atoms with Crippen molar-refractivity contribution in [2.45, 2.75) is 85.2 Å². The lowest BCUT2D eigenvalue weighted by atomic mass is 9.87. The van der Waals surface area contributed by atoms with Crippen LogP contribution in [0.5, 0.6) is 5.75 Å². The number of esters is 2. The third-order valence-corrected chi connectivity index (χ3v) is 5.04. The summed E-state index contributed by atoms with van der Waals surface area (Å²) in [6.07, 6.45) is 12.4. The molecule has 0 spiro atoms. The van der Waals surface area contributed by atoms with Crippen LogP contribution >= 0.6 is 0 Å². The molecule has 0 N–H and O–H groups in total. The van der Waals surface area contributed by atoms with Crippen LogP contribution in [-0.2, 0) is 20.7 Å². The Morgan fingerprint density at radius 2 is 1.80 bits per heavy atom. The molecule has 0 aliphatic heterocycles. The Balaban J connectivity index is 2.11. The molecule has 0 atom stereocenters. The van der Waals surface area contributed by atoms with E-state index in [2.05, 4.69) is 6.08 Å². The molecule has 164 valence electrons. The van der Waals surface area contributed by atoms with Gasteiger partial charge in [0.25, 0.3) is 0 Å². The standard InChI is InChI=1S/C26H36O4/c1-19(2)11-14-22-17-21(13-16-24(27)30-26(3,4)5)12-15-23(22)29-25(28)18-20-9-7-6-8-10-20/h11-13,15-17,20H,6-10,14,18H2,1-5H3/b16-13+. The Bertz CT molecular complexity index is 786. The topological polar surface area (TPSA) is 52.6 Å². The summed E-state index contributed by atoms with van der Waals surface area (Å²) in [5, 5.41) is 0. The lowest BCUT2D eigenvalue weighted by Crippen LogP contribution is -2.22. The van der Waals surface area contributed by atoms with Crippen LogP contribution in [0.1, 0.15) is 84.3 Å². The van der Waals surface area contributed by atoms with Crippen LogP contribution < -0.4 is 4.74 Å². The van der Waals surface area contributed by atoms with Crippen molar-refractivity contribution in [1.82, 2.24) is 0 Å². The number of carbonyl (C=O) groups is 2. The number of rotatable bonds is 7. The maximum atomic E-state index is 12.5. The number of allylic oxidation sites excluding steroid dienone is 2. The second-order valence-electron chi connectivity index (χ2n) is 9.40.